The van der Waals surface area contributed by atoms with Crippen LogP contribution in [-0.4, -0.2) is 45.2 Å². The number of rotatable bonds is 11. The number of aliphatic carboxylic acids is 2. The quantitative estimate of drug-likeness (QED) is 0.352. The van der Waals surface area contributed by atoms with E-state index in [9.17, 15) is 19.5 Å². The third kappa shape index (κ3) is 11.7. The average Bonchev–Trinajstić information content (AvgIpc) is 2.68. The number of carbonyl (C=O) groups is 3. The maximum Gasteiger partial charge on any atom is 0.326 e. The van der Waals surface area contributed by atoms with Gasteiger partial charge in [-0.25, -0.2) is 4.79 Å². The first-order valence-corrected chi connectivity index (χ1v) is 9.90. The molecule has 0 aliphatic carbocycles. The molecule has 1 aromatic rings. The van der Waals surface area contributed by atoms with E-state index in [0.717, 1.165) is 31.2 Å². The summed E-state index contributed by atoms with van der Waals surface area (Å²) in [6.07, 6.45) is 4.12. The Balaban J connectivity index is 0.000000734. The van der Waals surface area contributed by atoms with Gasteiger partial charge in [-0.1, -0.05) is 52.2 Å². The first kappa shape index (κ1) is 26.4. The fraction of sp³-hybridized carbons (Fsp3) is 0.571. The maximum absolute atomic E-state index is 11.7. The maximum atomic E-state index is 11.7. The summed E-state index contributed by atoms with van der Waals surface area (Å²) >= 11 is 0. The molecular weight excluding hydrogens is 376 g/mol. The summed E-state index contributed by atoms with van der Waals surface area (Å²) in [6, 6.07) is 4.65. The van der Waals surface area contributed by atoms with Crippen molar-refractivity contribution in [2.45, 2.75) is 71.4 Å². The molecule has 0 aliphatic rings. The van der Waals surface area contributed by atoms with Gasteiger partial charge < -0.3 is 26.4 Å². The molecule has 0 spiro atoms. The van der Waals surface area contributed by atoms with Crippen molar-refractivity contribution in [3.63, 3.8) is 0 Å². The van der Waals surface area contributed by atoms with Crippen LogP contribution in [0.15, 0.2) is 24.3 Å². The summed E-state index contributed by atoms with van der Waals surface area (Å²) in [5.41, 5.74) is 6.02. The number of carboxylic acids is 2. The number of aromatic hydroxyl groups is 1. The van der Waals surface area contributed by atoms with Crippen LogP contribution in [-0.2, 0) is 20.8 Å². The summed E-state index contributed by atoms with van der Waals surface area (Å²) in [5, 5.41) is 29.2. The van der Waals surface area contributed by atoms with E-state index in [-0.39, 0.29) is 24.0 Å². The van der Waals surface area contributed by atoms with Gasteiger partial charge >= 0.3 is 11.9 Å². The Kier molecular flexibility index (Phi) is 13.1. The number of phenolic OH excluding ortho intramolecular Hbond substituents is 1. The van der Waals surface area contributed by atoms with Crippen LogP contribution in [0.25, 0.3) is 0 Å². The molecule has 0 aliphatic heterocycles. The fourth-order valence-electron chi connectivity index (χ4n) is 2.37. The lowest BCUT2D eigenvalue weighted by Gasteiger charge is -2.14. The highest BCUT2D eigenvalue weighted by molar-refractivity contribution is 5.83. The normalized spacial score (nSPS) is 13.4. The topological polar surface area (TPSA) is 150 Å². The van der Waals surface area contributed by atoms with Crippen molar-refractivity contribution in [2.75, 3.05) is 0 Å². The van der Waals surface area contributed by atoms with E-state index in [1.807, 2.05) is 20.8 Å². The zero-order valence-electron chi connectivity index (χ0n) is 17.4. The van der Waals surface area contributed by atoms with E-state index in [4.69, 9.17) is 15.9 Å². The number of benzene rings is 1. The molecule has 8 heteroatoms. The van der Waals surface area contributed by atoms with Gasteiger partial charge in [0.25, 0.3) is 0 Å². The highest BCUT2D eigenvalue weighted by Crippen LogP contribution is 2.11. The molecule has 164 valence electrons. The summed E-state index contributed by atoms with van der Waals surface area (Å²) < 4.78 is 0. The molecule has 3 atom stereocenters. The number of nitrogens with two attached hydrogens (primary N) is 1. The van der Waals surface area contributed by atoms with E-state index in [2.05, 4.69) is 5.32 Å². The molecular formula is C21H34N2O6. The van der Waals surface area contributed by atoms with Crippen molar-refractivity contribution in [3.05, 3.63) is 29.8 Å². The molecule has 3 unspecified atom stereocenters. The monoisotopic (exact) mass is 410 g/mol. The minimum Gasteiger partial charge on any atom is -0.508 e. The van der Waals surface area contributed by atoms with Crippen LogP contribution < -0.4 is 11.1 Å². The summed E-state index contributed by atoms with van der Waals surface area (Å²) in [7, 11) is 0. The Morgan fingerprint density at radius 3 is 2.03 bits per heavy atom. The first-order chi connectivity index (χ1) is 13.6. The number of carbonyl (C=O) groups excluding carboxylic acids is 1. The summed E-state index contributed by atoms with van der Waals surface area (Å²) in [4.78, 5) is 33.0. The van der Waals surface area contributed by atoms with E-state index >= 15 is 0 Å². The average molecular weight is 411 g/mol. The smallest absolute Gasteiger partial charge is 0.326 e. The van der Waals surface area contributed by atoms with Crippen molar-refractivity contribution >= 4 is 17.8 Å². The third-order valence-electron chi connectivity index (χ3n) is 4.56. The van der Waals surface area contributed by atoms with Crippen molar-refractivity contribution in [1.82, 2.24) is 5.32 Å². The van der Waals surface area contributed by atoms with Crippen LogP contribution in [0, 0.1) is 5.92 Å². The molecule has 1 amide bonds. The van der Waals surface area contributed by atoms with E-state index < -0.39 is 24.0 Å². The SMILES string of the molecule is CCC(C)C(N)C(=O)O.CCCCCC(=O)NC(Cc1ccc(O)cc1)C(=O)O. The van der Waals surface area contributed by atoms with Gasteiger partial charge in [0.05, 0.1) is 0 Å². The number of carboxylic acid groups (broad SMARTS) is 2. The molecule has 1 rings (SSSR count). The van der Waals surface area contributed by atoms with Gasteiger partial charge in [0.1, 0.15) is 17.8 Å². The zero-order valence-corrected chi connectivity index (χ0v) is 17.4. The van der Waals surface area contributed by atoms with Gasteiger partial charge in [-0.05, 0) is 30.0 Å². The van der Waals surface area contributed by atoms with Gasteiger partial charge in [-0.15, -0.1) is 0 Å². The minimum atomic E-state index is -1.05. The van der Waals surface area contributed by atoms with Gasteiger partial charge in [0.2, 0.25) is 5.91 Å². The lowest BCUT2D eigenvalue weighted by atomic mass is 10.0. The molecule has 0 saturated heterocycles. The van der Waals surface area contributed by atoms with Crippen molar-refractivity contribution in [1.29, 1.82) is 0 Å². The van der Waals surface area contributed by atoms with E-state index in [0.29, 0.717) is 6.42 Å². The Bertz CT molecular complexity index is 633. The second kappa shape index (κ2) is 14.4. The van der Waals surface area contributed by atoms with Crippen LogP contribution in [0.5, 0.6) is 5.75 Å². The number of hydrogen-bond donors (Lipinski definition) is 5. The molecule has 0 aromatic heterocycles. The van der Waals surface area contributed by atoms with Crippen molar-refractivity contribution in [3.8, 4) is 5.75 Å². The highest BCUT2D eigenvalue weighted by Gasteiger charge is 2.20. The van der Waals surface area contributed by atoms with Crippen molar-refractivity contribution < 1.29 is 29.7 Å². The van der Waals surface area contributed by atoms with Crippen LogP contribution >= 0.6 is 0 Å². The minimum absolute atomic E-state index is 0.0718. The largest absolute Gasteiger partial charge is 0.508 e. The summed E-state index contributed by atoms with van der Waals surface area (Å²) in [5.74, 6) is -2.00. The number of amides is 1. The first-order valence-electron chi connectivity index (χ1n) is 9.90. The lowest BCUT2D eigenvalue weighted by Crippen LogP contribution is -2.42. The number of nitrogens with one attached hydrogen (secondary N) is 1. The zero-order chi connectivity index (χ0) is 22.4. The molecule has 0 heterocycles. The van der Waals surface area contributed by atoms with Gasteiger partial charge in [0, 0.05) is 12.8 Å². The van der Waals surface area contributed by atoms with Gasteiger partial charge in [-0.2, -0.15) is 0 Å². The Morgan fingerprint density at radius 2 is 1.62 bits per heavy atom. The predicted molar refractivity (Wildman–Crippen MR) is 111 cm³/mol. The Morgan fingerprint density at radius 1 is 1.03 bits per heavy atom. The molecule has 0 bridgehead atoms. The second-order valence-electron chi connectivity index (χ2n) is 7.04. The van der Waals surface area contributed by atoms with Crippen LogP contribution in [0.4, 0.5) is 0 Å². The predicted octanol–water partition coefficient (Wildman–Crippen LogP) is 2.53. The molecule has 0 fully saturated rings. The molecule has 6 N–H and O–H groups in total. The third-order valence-corrected chi connectivity index (χ3v) is 4.56. The number of hydrogen-bond acceptors (Lipinski definition) is 5. The highest BCUT2D eigenvalue weighted by atomic mass is 16.4. The molecule has 29 heavy (non-hydrogen) atoms. The lowest BCUT2D eigenvalue weighted by molar-refractivity contribution is -0.142. The molecule has 0 radical (unpaired) electrons. The fourth-order valence-corrected chi connectivity index (χ4v) is 2.37. The summed E-state index contributed by atoms with van der Waals surface area (Å²) in [6.45, 7) is 5.80. The molecule has 8 nitrogen and oxygen atoms in total. The van der Waals surface area contributed by atoms with Gasteiger partial charge in [-0.3, -0.25) is 9.59 Å². The number of unbranched alkanes of at least 4 members (excludes halogenated alkanes) is 2. The van der Waals surface area contributed by atoms with Crippen molar-refractivity contribution in [2.24, 2.45) is 11.7 Å². The van der Waals surface area contributed by atoms with Crippen LogP contribution in [0.1, 0.15) is 58.4 Å². The molecule has 1 aromatic carbocycles. The van der Waals surface area contributed by atoms with E-state index in [1.165, 1.54) is 12.1 Å². The van der Waals surface area contributed by atoms with Crippen LogP contribution in [0.3, 0.4) is 0 Å². The Labute approximate surface area is 172 Å². The Hall–Kier alpha value is -2.61. The standard InChI is InChI=1S/C15H21NO4.C6H13NO2/c1-2-3-4-5-14(18)16-13(15(19)20)10-11-6-8-12(17)9-7-11;1-3-4(2)5(7)6(8)9/h6-9,13,17H,2-5,10H2,1H3,(H,16,18)(H,19,20);4-5H,3,7H2,1-2H3,(H,8,9). The second-order valence-corrected chi connectivity index (χ2v) is 7.04. The molecule has 0 saturated carbocycles. The van der Waals surface area contributed by atoms with Gasteiger partial charge in [0.15, 0.2) is 0 Å². The number of phenols is 1. The van der Waals surface area contributed by atoms with E-state index in [1.54, 1.807) is 12.1 Å². The van der Waals surface area contributed by atoms with Crippen LogP contribution in [0.2, 0.25) is 0 Å².